The van der Waals surface area contributed by atoms with E-state index in [1.165, 1.54) is 22.1 Å². The summed E-state index contributed by atoms with van der Waals surface area (Å²) < 4.78 is 27.6. The fourth-order valence-electron chi connectivity index (χ4n) is 3.52. The maximum atomic E-state index is 13.0. The maximum absolute atomic E-state index is 13.0. The summed E-state index contributed by atoms with van der Waals surface area (Å²) in [5, 5.41) is 4.36. The van der Waals surface area contributed by atoms with Crippen molar-refractivity contribution in [3.8, 4) is 0 Å². The van der Waals surface area contributed by atoms with Gasteiger partial charge in [-0.05, 0) is 61.7 Å². The molecule has 7 nitrogen and oxygen atoms in total. The van der Waals surface area contributed by atoms with Crippen molar-refractivity contribution in [2.24, 2.45) is 0 Å². The van der Waals surface area contributed by atoms with E-state index in [1.807, 2.05) is 18.2 Å². The van der Waals surface area contributed by atoms with E-state index in [2.05, 4.69) is 15.3 Å². The van der Waals surface area contributed by atoms with Gasteiger partial charge >= 0.3 is 0 Å². The van der Waals surface area contributed by atoms with E-state index >= 15 is 0 Å². The topological polar surface area (TPSA) is 92.3 Å². The Morgan fingerprint density at radius 2 is 1.75 bits per heavy atom. The number of pyridine rings is 2. The first-order valence-corrected chi connectivity index (χ1v) is 12.7. The lowest BCUT2D eigenvalue weighted by atomic mass is 10.1. The Labute approximate surface area is 192 Å². The number of nitrogens with one attached hydrogen (secondary N) is 1. The van der Waals surface area contributed by atoms with E-state index in [1.54, 1.807) is 43.6 Å². The molecule has 0 aliphatic carbocycles. The summed E-state index contributed by atoms with van der Waals surface area (Å²) in [5.74, 6) is -0.363. The lowest BCUT2D eigenvalue weighted by molar-refractivity contribution is 0.102. The van der Waals surface area contributed by atoms with Gasteiger partial charge in [-0.2, -0.15) is 4.31 Å². The molecule has 1 aromatic carbocycles. The number of nitrogens with zero attached hydrogens (tertiary/aromatic N) is 3. The van der Waals surface area contributed by atoms with Gasteiger partial charge in [-0.3, -0.25) is 4.79 Å². The van der Waals surface area contributed by atoms with Crippen LogP contribution in [0.1, 0.15) is 35.2 Å². The van der Waals surface area contributed by atoms with E-state index in [4.69, 9.17) is 0 Å². The van der Waals surface area contributed by atoms with Gasteiger partial charge in [0.1, 0.15) is 10.1 Å². The smallest absolute Gasteiger partial charge is 0.255 e. The highest BCUT2D eigenvalue weighted by atomic mass is 32.2. The summed E-state index contributed by atoms with van der Waals surface area (Å²) in [4.78, 5) is 21.7. The van der Waals surface area contributed by atoms with E-state index in [0.717, 1.165) is 24.3 Å². The molecule has 3 heterocycles. The third-order valence-corrected chi connectivity index (χ3v) is 8.02. The number of anilines is 1. The van der Waals surface area contributed by atoms with Crippen LogP contribution in [-0.2, 0) is 10.0 Å². The van der Waals surface area contributed by atoms with Crippen LogP contribution < -0.4 is 5.32 Å². The molecule has 2 aromatic heterocycles. The molecule has 9 heteroatoms. The van der Waals surface area contributed by atoms with Gasteiger partial charge in [0.05, 0.1) is 4.90 Å². The van der Waals surface area contributed by atoms with Gasteiger partial charge in [0.2, 0.25) is 10.0 Å². The Kier molecular flexibility index (Phi) is 6.88. The normalized spacial score (nSPS) is 14.8. The molecule has 1 N–H and O–H groups in total. The molecule has 0 unspecified atom stereocenters. The molecule has 166 valence electrons. The molecule has 1 amide bonds. The molecule has 0 spiro atoms. The van der Waals surface area contributed by atoms with Gasteiger partial charge in [0, 0.05) is 36.7 Å². The van der Waals surface area contributed by atoms with Crippen LogP contribution in [0.5, 0.6) is 0 Å². The summed E-state index contributed by atoms with van der Waals surface area (Å²) in [6, 6.07) is 13.8. The fourth-order valence-corrected chi connectivity index (χ4v) is 5.83. The number of piperidine rings is 1. The Hall–Kier alpha value is -2.75. The minimum absolute atomic E-state index is 0.149. The molecule has 1 saturated heterocycles. The largest absolute Gasteiger partial charge is 0.322 e. The Bertz CT molecular complexity index is 1210. The van der Waals surface area contributed by atoms with Crippen molar-refractivity contribution >= 4 is 33.4 Å². The first kappa shape index (κ1) is 22.4. The number of benzene rings is 1. The lowest BCUT2D eigenvalue weighted by Crippen LogP contribution is -2.35. The average molecular weight is 469 g/mol. The SMILES string of the molecule is Cc1ccc(S(=O)(=O)N2CCCCC2)cc1C(=O)Nc1ccnc(Sc2ccccn2)c1. The number of hydrogen-bond acceptors (Lipinski definition) is 6. The quantitative estimate of drug-likeness (QED) is 0.578. The van der Waals surface area contributed by atoms with Gasteiger partial charge in [-0.1, -0.05) is 30.3 Å². The van der Waals surface area contributed by atoms with Crippen LogP contribution in [0.15, 0.2) is 75.9 Å². The third-order valence-electron chi connectivity index (χ3n) is 5.25. The zero-order chi connectivity index (χ0) is 22.6. The van der Waals surface area contributed by atoms with Crippen LogP contribution in [-0.4, -0.2) is 41.7 Å². The molecular formula is C23H24N4O3S2. The number of carbonyl (C=O) groups excluding carboxylic acids is 1. The van der Waals surface area contributed by atoms with Crippen LogP contribution >= 0.6 is 11.8 Å². The number of carbonyl (C=O) groups is 1. The van der Waals surface area contributed by atoms with Crippen molar-refractivity contribution in [1.29, 1.82) is 0 Å². The van der Waals surface area contributed by atoms with E-state index in [0.29, 0.717) is 34.9 Å². The number of rotatable bonds is 6. The maximum Gasteiger partial charge on any atom is 0.255 e. The number of amides is 1. The first-order valence-electron chi connectivity index (χ1n) is 10.4. The van der Waals surface area contributed by atoms with Gasteiger partial charge in [0.15, 0.2) is 0 Å². The van der Waals surface area contributed by atoms with Crippen LogP contribution in [0.3, 0.4) is 0 Å². The van der Waals surface area contributed by atoms with Crippen LogP contribution in [0.4, 0.5) is 5.69 Å². The fraction of sp³-hybridized carbons (Fsp3) is 0.261. The summed E-state index contributed by atoms with van der Waals surface area (Å²) in [5.41, 5.74) is 1.61. The predicted molar refractivity (Wildman–Crippen MR) is 124 cm³/mol. The second-order valence-electron chi connectivity index (χ2n) is 7.55. The first-order chi connectivity index (χ1) is 15.4. The zero-order valence-corrected chi connectivity index (χ0v) is 19.3. The third kappa shape index (κ3) is 5.17. The van der Waals surface area contributed by atoms with Crippen LogP contribution in [0.25, 0.3) is 0 Å². The summed E-state index contributed by atoms with van der Waals surface area (Å²) in [6.07, 6.45) is 6.09. The van der Waals surface area contributed by atoms with Gasteiger partial charge in [0.25, 0.3) is 5.91 Å². The Balaban J connectivity index is 1.53. The monoisotopic (exact) mass is 468 g/mol. The van der Waals surface area contributed by atoms with Crippen molar-refractivity contribution in [2.75, 3.05) is 18.4 Å². The number of hydrogen-bond donors (Lipinski definition) is 1. The highest BCUT2D eigenvalue weighted by Crippen LogP contribution is 2.27. The van der Waals surface area contributed by atoms with Crippen molar-refractivity contribution in [3.05, 3.63) is 72.1 Å². The Morgan fingerprint density at radius 1 is 0.969 bits per heavy atom. The van der Waals surface area contributed by atoms with E-state index < -0.39 is 10.0 Å². The van der Waals surface area contributed by atoms with Crippen LogP contribution in [0.2, 0.25) is 0 Å². The van der Waals surface area contributed by atoms with Crippen molar-refractivity contribution < 1.29 is 13.2 Å². The zero-order valence-electron chi connectivity index (χ0n) is 17.7. The predicted octanol–water partition coefficient (Wildman–Crippen LogP) is 4.36. The number of aromatic nitrogens is 2. The molecular weight excluding hydrogens is 444 g/mol. The minimum Gasteiger partial charge on any atom is -0.322 e. The van der Waals surface area contributed by atoms with E-state index in [9.17, 15) is 13.2 Å². The van der Waals surface area contributed by atoms with Gasteiger partial charge < -0.3 is 5.32 Å². The lowest BCUT2D eigenvalue weighted by Gasteiger charge is -2.26. The molecule has 1 aliphatic rings. The molecule has 0 atom stereocenters. The summed E-state index contributed by atoms with van der Waals surface area (Å²) in [7, 11) is -3.62. The number of aryl methyl sites for hydroxylation is 1. The summed E-state index contributed by atoms with van der Waals surface area (Å²) >= 11 is 1.39. The molecule has 4 rings (SSSR count). The standard InChI is InChI=1S/C23H24N4O3S2/c1-17-8-9-19(32(29,30)27-13-5-2-6-14-27)16-20(17)23(28)26-18-10-12-25-22(15-18)31-21-7-3-4-11-24-21/h3-4,7-12,15-16H,2,5-6,13-14H2,1H3,(H,25,26,28). The molecule has 1 aliphatic heterocycles. The highest BCUT2D eigenvalue weighted by molar-refractivity contribution is 7.99. The van der Waals surface area contributed by atoms with E-state index in [-0.39, 0.29) is 10.8 Å². The second-order valence-corrected chi connectivity index (χ2v) is 10.5. The summed E-state index contributed by atoms with van der Waals surface area (Å²) in [6.45, 7) is 2.83. The molecule has 3 aromatic rings. The van der Waals surface area contributed by atoms with Crippen molar-refractivity contribution in [2.45, 2.75) is 41.1 Å². The molecule has 0 bridgehead atoms. The number of sulfonamides is 1. The van der Waals surface area contributed by atoms with Crippen molar-refractivity contribution in [1.82, 2.24) is 14.3 Å². The van der Waals surface area contributed by atoms with Crippen molar-refractivity contribution in [3.63, 3.8) is 0 Å². The average Bonchev–Trinajstić information content (AvgIpc) is 2.80. The molecule has 0 radical (unpaired) electrons. The minimum atomic E-state index is -3.62. The van der Waals surface area contributed by atoms with Gasteiger partial charge in [-0.15, -0.1) is 0 Å². The van der Waals surface area contributed by atoms with Crippen LogP contribution in [0, 0.1) is 6.92 Å². The second kappa shape index (κ2) is 9.81. The Morgan fingerprint density at radius 3 is 2.50 bits per heavy atom. The molecule has 1 fully saturated rings. The molecule has 32 heavy (non-hydrogen) atoms. The highest BCUT2D eigenvalue weighted by Gasteiger charge is 2.27. The molecule has 0 saturated carbocycles. The van der Waals surface area contributed by atoms with Gasteiger partial charge in [-0.25, -0.2) is 18.4 Å².